The molecule has 0 saturated heterocycles. The summed E-state index contributed by atoms with van der Waals surface area (Å²) in [6.45, 7) is 1.94. The van der Waals surface area contributed by atoms with E-state index in [2.05, 4.69) is 0 Å². The van der Waals surface area contributed by atoms with Crippen LogP contribution in [0.3, 0.4) is 0 Å². The lowest BCUT2D eigenvalue weighted by Crippen LogP contribution is -2.32. The lowest BCUT2D eigenvalue weighted by Gasteiger charge is -2.24. The Morgan fingerprint density at radius 3 is 2.24 bits per heavy atom. The third-order valence-corrected chi connectivity index (χ3v) is 4.15. The summed E-state index contributed by atoms with van der Waals surface area (Å²) in [5.74, 6) is -1.07. The first-order valence-corrected chi connectivity index (χ1v) is 8.89. The van der Waals surface area contributed by atoms with Crippen LogP contribution in [0.5, 0.6) is 11.5 Å². The molecule has 2 aromatic carbocycles. The highest BCUT2D eigenvalue weighted by Crippen LogP contribution is 2.28. The molecule has 2 rings (SSSR count). The zero-order valence-electron chi connectivity index (χ0n) is 16.5. The van der Waals surface area contributed by atoms with E-state index >= 15 is 0 Å². The van der Waals surface area contributed by atoms with Crippen LogP contribution < -0.4 is 14.4 Å². The normalized spacial score (nSPS) is 10.2. The Morgan fingerprint density at radius 2 is 1.69 bits per heavy atom. The van der Waals surface area contributed by atoms with Crippen LogP contribution in [-0.4, -0.2) is 43.8 Å². The van der Waals surface area contributed by atoms with Gasteiger partial charge >= 0.3 is 11.9 Å². The van der Waals surface area contributed by atoms with Crippen molar-refractivity contribution in [3.63, 3.8) is 0 Å². The Labute approximate surface area is 168 Å². The van der Waals surface area contributed by atoms with Crippen molar-refractivity contribution in [2.24, 2.45) is 0 Å². The summed E-state index contributed by atoms with van der Waals surface area (Å²) in [4.78, 5) is 37.1. The number of hydrogen-bond donors (Lipinski definition) is 1. The maximum Gasteiger partial charge on any atom is 0.335 e. The number of nitrogens with zero attached hydrogens (tertiary/aromatic N) is 1. The van der Waals surface area contributed by atoms with Crippen molar-refractivity contribution in [3.05, 3.63) is 53.6 Å². The van der Waals surface area contributed by atoms with Crippen LogP contribution in [0.15, 0.2) is 42.5 Å². The number of amides is 1. The number of rotatable bonds is 9. The molecule has 0 radical (unpaired) electrons. The lowest BCUT2D eigenvalue weighted by molar-refractivity contribution is -0.145. The molecule has 1 amide bonds. The zero-order chi connectivity index (χ0) is 21.4. The van der Waals surface area contributed by atoms with Gasteiger partial charge in [-0.2, -0.15) is 0 Å². The molecule has 2 aromatic rings. The average Bonchev–Trinajstić information content (AvgIpc) is 2.72. The van der Waals surface area contributed by atoms with E-state index in [1.807, 2.05) is 0 Å². The largest absolute Gasteiger partial charge is 0.497 e. The first-order chi connectivity index (χ1) is 13.9. The number of carboxylic acid groups (broad SMARTS) is 1. The number of carbonyl (C=O) groups excluding carboxylic acids is 2. The van der Waals surface area contributed by atoms with Crippen LogP contribution in [0.2, 0.25) is 0 Å². The molecule has 0 aliphatic rings. The van der Waals surface area contributed by atoms with Gasteiger partial charge in [-0.3, -0.25) is 9.59 Å². The molecule has 29 heavy (non-hydrogen) atoms. The quantitative estimate of drug-likeness (QED) is 0.509. The van der Waals surface area contributed by atoms with Crippen LogP contribution in [0.1, 0.15) is 29.3 Å². The van der Waals surface area contributed by atoms with Crippen molar-refractivity contribution >= 4 is 23.5 Å². The fourth-order valence-electron chi connectivity index (χ4n) is 2.69. The molecule has 0 atom stereocenters. The third-order valence-electron chi connectivity index (χ3n) is 4.15. The van der Waals surface area contributed by atoms with Gasteiger partial charge in [-0.25, -0.2) is 4.79 Å². The van der Waals surface area contributed by atoms with Crippen molar-refractivity contribution < 1.29 is 33.7 Å². The van der Waals surface area contributed by atoms with E-state index in [1.54, 1.807) is 25.1 Å². The molecule has 0 aliphatic heterocycles. The summed E-state index contributed by atoms with van der Waals surface area (Å²) < 4.78 is 15.4. The van der Waals surface area contributed by atoms with Gasteiger partial charge in [0.25, 0.3) is 0 Å². The third kappa shape index (κ3) is 5.71. The molecule has 0 spiro atoms. The summed E-state index contributed by atoms with van der Waals surface area (Å²) in [5.41, 5.74) is 1.23. The number of aromatic carboxylic acids is 1. The molecule has 0 saturated carbocycles. The smallest absolute Gasteiger partial charge is 0.335 e. The van der Waals surface area contributed by atoms with E-state index in [1.165, 1.54) is 43.4 Å². The Kier molecular flexibility index (Phi) is 7.59. The molecule has 0 fully saturated rings. The second kappa shape index (κ2) is 10.1. The second-order valence-corrected chi connectivity index (χ2v) is 5.99. The number of carboxylic acids is 1. The predicted molar refractivity (Wildman–Crippen MR) is 105 cm³/mol. The molecule has 0 heterocycles. The van der Waals surface area contributed by atoms with Crippen LogP contribution in [0.25, 0.3) is 0 Å². The number of carbonyl (C=O) groups is 3. The molecule has 0 aliphatic carbocycles. The Hall–Kier alpha value is -3.55. The average molecular weight is 401 g/mol. The fraction of sp³-hybridized carbons (Fsp3) is 0.286. The molecule has 8 nitrogen and oxygen atoms in total. The number of benzene rings is 2. The van der Waals surface area contributed by atoms with Gasteiger partial charge in [0.1, 0.15) is 17.9 Å². The Balaban J connectivity index is 2.37. The SMILES string of the molecule is CCOC(=O)CC(=O)N(Cc1ccc(OC)cc1OC)c1ccc(C(=O)O)cc1. The van der Waals surface area contributed by atoms with Crippen LogP contribution >= 0.6 is 0 Å². The molecule has 0 bridgehead atoms. The first kappa shape index (κ1) is 21.7. The molecule has 0 unspecified atom stereocenters. The summed E-state index contributed by atoms with van der Waals surface area (Å²) in [6.07, 6.45) is -0.438. The highest BCUT2D eigenvalue weighted by molar-refractivity contribution is 6.03. The number of hydrogen-bond acceptors (Lipinski definition) is 6. The van der Waals surface area contributed by atoms with Gasteiger partial charge in [0.15, 0.2) is 0 Å². The standard InChI is InChI=1S/C21H23NO7/c1-4-29-20(24)12-19(23)22(16-8-5-14(6-9-16)21(25)26)13-15-7-10-17(27-2)11-18(15)28-3/h5-11H,4,12-13H2,1-3H3,(H,25,26). The predicted octanol–water partition coefficient (Wildman–Crippen LogP) is 2.89. The van der Waals surface area contributed by atoms with E-state index < -0.39 is 24.3 Å². The van der Waals surface area contributed by atoms with Crippen molar-refractivity contribution in [1.29, 1.82) is 0 Å². The van der Waals surface area contributed by atoms with Crippen LogP contribution in [0.4, 0.5) is 5.69 Å². The Morgan fingerprint density at radius 1 is 1.00 bits per heavy atom. The fourth-order valence-corrected chi connectivity index (χ4v) is 2.69. The maximum absolute atomic E-state index is 12.8. The first-order valence-electron chi connectivity index (χ1n) is 8.89. The minimum absolute atomic E-state index is 0.0913. The lowest BCUT2D eigenvalue weighted by atomic mass is 10.1. The van der Waals surface area contributed by atoms with E-state index in [4.69, 9.17) is 19.3 Å². The van der Waals surface area contributed by atoms with E-state index in [0.717, 1.165) is 0 Å². The molecule has 0 aromatic heterocycles. The topological polar surface area (TPSA) is 102 Å². The van der Waals surface area contributed by atoms with Gasteiger partial charge in [-0.05, 0) is 43.3 Å². The maximum atomic E-state index is 12.8. The minimum atomic E-state index is -1.07. The van der Waals surface area contributed by atoms with Crippen LogP contribution in [0, 0.1) is 0 Å². The van der Waals surface area contributed by atoms with Crippen molar-refractivity contribution in [1.82, 2.24) is 0 Å². The van der Waals surface area contributed by atoms with Crippen molar-refractivity contribution in [2.45, 2.75) is 19.9 Å². The molecule has 1 N–H and O–H groups in total. The number of ether oxygens (including phenoxy) is 3. The van der Waals surface area contributed by atoms with Crippen molar-refractivity contribution in [3.8, 4) is 11.5 Å². The van der Waals surface area contributed by atoms with Gasteiger partial charge < -0.3 is 24.2 Å². The molecule has 154 valence electrons. The second-order valence-electron chi connectivity index (χ2n) is 5.99. The van der Waals surface area contributed by atoms with Gasteiger partial charge in [0.2, 0.25) is 5.91 Å². The van der Waals surface area contributed by atoms with Gasteiger partial charge in [0.05, 0.1) is 32.9 Å². The molecule has 8 heteroatoms. The number of esters is 1. The number of methoxy groups -OCH3 is 2. The molecular formula is C21H23NO7. The van der Waals surface area contributed by atoms with Crippen molar-refractivity contribution in [2.75, 3.05) is 25.7 Å². The summed E-state index contributed by atoms with van der Waals surface area (Å²) in [5, 5.41) is 9.08. The van der Waals surface area contributed by atoms with E-state index in [-0.39, 0.29) is 18.7 Å². The van der Waals surface area contributed by atoms with Crippen LogP contribution in [-0.2, 0) is 20.9 Å². The summed E-state index contributed by atoms with van der Waals surface area (Å²) >= 11 is 0. The zero-order valence-corrected chi connectivity index (χ0v) is 16.5. The van der Waals surface area contributed by atoms with E-state index in [9.17, 15) is 14.4 Å². The van der Waals surface area contributed by atoms with Gasteiger partial charge in [-0.1, -0.05) is 0 Å². The highest BCUT2D eigenvalue weighted by Gasteiger charge is 2.22. The minimum Gasteiger partial charge on any atom is -0.497 e. The highest BCUT2D eigenvalue weighted by atomic mass is 16.5. The summed E-state index contributed by atoms with van der Waals surface area (Å²) in [6, 6.07) is 11.0. The van der Waals surface area contributed by atoms with Gasteiger partial charge in [-0.15, -0.1) is 0 Å². The molecular weight excluding hydrogens is 378 g/mol. The van der Waals surface area contributed by atoms with E-state index in [0.29, 0.717) is 22.7 Å². The van der Waals surface area contributed by atoms with Gasteiger partial charge in [0, 0.05) is 17.3 Å². The number of anilines is 1. The summed E-state index contributed by atoms with van der Waals surface area (Å²) in [7, 11) is 3.04. The Bertz CT molecular complexity index is 877. The monoisotopic (exact) mass is 401 g/mol.